The van der Waals surface area contributed by atoms with Crippen molar-refractivity contribution in [2.75, 3.05) is 7.11 Å². The Morgan fingerprint density at radius 2 is 2.10 bits per heavy atom. The number of aliphatic hydroxyl groups excluding tert-OH is 1. The number of hydrogen-bond acceptors (Lipinski definition) is 3. The third-order valence-electron chi connectivity index (χ3n) is 3.03. The van der Waals surface area contributed by atoms with Gasteiger partial charge in [-0.3, -0.25) is 4.68 Å². The first-order chi connectivity index (χ1) is 9.45. The molecule has 0 aliphatic rings. The minimum atomic E-state index is -0.938. The molecule has 0 fully saturated rings. The summed E-state index contributed by atoms with van der Waals surface area (Å²) < 4.78 is 20.5. The lowest BCUT2D eigenvalue weighted by Gasteiger charge is -2.17. The minimum Gasteiger partial charge on any atom is -0.493 e. The Bertz CT molecular complexity index is 613. The van der Waals surface area contributed by atoms with Gasteiger partial charge in [-0.2, -0.15) is 5.10 Å². The van der Waals surface area contributed by atoms with Crippen LogP contribution in [0.5, 0.6) is 5.75 Å². The largest absolute Gasteiger partial charge is 0.493 e. The molecule has 6 heteroatoms. The lowest BCUT2D eigenvalue weighted by Crippen LogP contribution is -2.13. The number of methoxy groups -OCH3 is 1. The maximum Gasteiger partial charge on any atom is 0.163 e. The van der Waals surface area contributed by atoms with E-state index in [1.165, 1.54) is 13.2 Å². The lowest BCUT2D eigenvalue weighted by atomic mass is 10.1. The van der Waals surface area contributed by atoms with Gasteiger partial charge in [0.05, 0.1) is 17.8 Å². The summed E-state index contributed by atoms with van der Waals surface area (Å²) in [7, 11) is 1.53. The van der Waals surface area contributed by atoms with Crippen molar-refractivity contribution in [2.24, 2.45) is 0 Å². The van der Waals surface area contributed by atoms with Gasteiger partial charge in [-0.05, 0) is 47.5 Å². The maximum absolute atomic E-state index is 13.3. The Kier molecular flexibility index (Phi) is 4.45. The second-order valence-electron chi connectivity index (χ2n) is 4.71. The van der Waals surface area contributed by atoms with E-state index in [0.717, 1.165) is 0 Å². The number of halogens is 2. The molecule has 1 N–H and O–H groups in total. The lowest BCUT2D eigenvalue weighted by molar-refractivity contribution is 0.199. The van der Waals surface area contributed by atoms with E-state index in [-0.39, 0.29) is 11.9 Å². The molecule has 1 unspecified atom stereocenters. The highest BCUT2D eigenvalue weighted by atomic mass is 79.9. The Morgan fingerprint density at radius 1 is 1.40 bits per heavy atom. The summed E-state index contributed by atoms with van der Waals surface area (Å²) in [5.41, 5.74) is 1.12. The van der Waals surface area contributed by atoms with Gasteiger partial charge in [0.1, 0.15) is 17.6 Å². The summed E-state index contributed by atoms with van der Waals surface area (Å²) in [6, 6.07) is 4.48. The normalized spacial score (nSPS) is 12.8. The quantitative estimate of drug-likeness (QED) is 0.925. The predicted octanol–water partition coefficient (Wildman–Crippen LogP) is 3.46. The molecule has 1 atom stereocenters. The highest BCUT2D eigenvalue weighted by Crippen LogP contribution is 2.33. The van der Waals surface area contributed by atoms with Crippen LogP contribution in [0.1, 0.15) is 37.3 Å². The van der Waals surface area contributed by atoms with Crippen molar-refractivity contribution < 1.29 is 14.2 Å². The van der Waals surface area contributed by atoms with Crippen molar-refractivity contribution in [3.8, 4) is 5.75 Å². The molecule has 0 amide bonds. The third kappa shape index (κ3) is 2.71. The fourth-order valence-corrected chi connectivity index (χ4v) is 2.42. The van der Waals surface area contributed by atoms with E-state index in [1.54, 1.807) is 23.0 Å². The van der Waals surface area contributed by atoms with Crippen molar-refractivity contribution in [1.82, 2.24) is 9.78 Å². The van der Waals surface area contributed by atoms with E-state index in [1.807, 2.05) is 13.8 Å². The topological polar surface area (TPSA) is 47.3 Å². The van der Waals surface area contributed by atoms with Crippen LogP contribution < -0.4 is 4.74 Å². The zero-order valence-electron chi connectivity index (χ0n) is 11.5. The molecule has 0 saturated carbocycles. The van der Waals surface area contributed by atoms with E-state index in [4.69, 9.17) is 4.74 Å². The zero-order chi connectivity index (χ0) is 14.9. The smallest absolute Gasteiger partial charge is 0.163 e. The van der Waals surface area contributed by atoms with E-state index in [9.17, 15) is 9.50 Å². The Balaban J connectivity index is 2.49. The first-order valence-corrected chi connectivity index (χ1v) is 6.99. The maximum atomic E-state index is 13.3. The summed E-state index contributed by atoms with van der Waals surface area (Å²) in [6.45, 7) is 3.92. The van der Waals surface area contributed by atoms with Crippen LogP contribution in [0, 0.1) is 5.82 Å². The SMILES string of the molecule is COc1cnn(C(C)C)c1C(O)c1ccc(F)c(Br)c1. The van der Waals surface area contributed by atoms with Crippen LogP contribution in [0.15, 0.2) is 28.9 Å². The third-order valence-corrected chi connectivity index (χ3v) is 3.63. The standard InChI is InChI=1S/C14H16BrFN2O2/c1-8(2)18-13(12(20-3)7-17-18)14(19)9-4-5-11(16)10(15)6-9/h4-8,14,19H,1-3H3. The van der Waals surface area contributed by atoms with Gasteiger partial charge in [0.15, 0.2) is 5.75 Å². The molecule has 108 valence electrons. The van der Waals surface area contributed by atoms with Gasteiger partial charge in [-0.1, -0.05) is 6.07 Å². The average Bonchev–Trinajstić information content (AvgIpc) is 2.85. The Morgan fingerprint density at radius 3 is 2.65 bits per heavy atom. The molecular formula is C14H16BrFN2O2. The van der Waals surface area contributed by atoms with Crippen molar-refractivity contribution in [2.45, 2.75) is 26.0 Å². The van der Waals surface area contributed by atoms with E-state index in [2.05, 4.69) is 21.0 Å². The first-order valence-electron chi connectivity index (χ1n) is 6.20. The van der Waals surface area contributed by atoms with Crippen LogP contribution in [0.3, 0.4) is 0 Å². The van der Waals surface area contributed by atoms with Crippen LogP contribution in [0.4, 0.5) is 4.39 Å². The second-order valence-corrected chi connectivity index (χ2v) is 5.57. The number of ether oxygens (including phenoxy) is 1. The molecule has 0 saturated heterocycles. The monoisotopic (exact) mass is 342 g/mol. The number of rotatable bonds is 4. The van der Waals surface area contributed by atoms with Crippen molar-refractivity contribution in [1.29, 1.82) is 0 Å². The fourth-order valence-electron chi connectivity index (χ4n) is 2.03. The molecule has 0 spiro atoms. The molecule has 2 rings (SSSR count). The molecule has 4 nitrogen and oxygen atoms in total. The zero-order valence-corrected chi connectivity index (χ0v) is 13.1. The van der Waals surface area contributed by atoms with Crippen LogP contribution in [-0.4, -0.2) is 22.0 Å². The molecule has 0 aliphatic heterocycles. The molecule has 2 aromatic rings. The van der Waals surface area contributed by atoms with Crippen LogP contribution in [0.25, 0.3) is 0 Å². The van der Waals surface area contributed by atoms with Gasteiger partial charge in [0.2, 0.25) is 0 Å². The molecule has 1 aromatic carbocycles. The van der Waals surface area contributed by atoms with Gasteiger partial charge in [-0.15, -0.1) is 0 Å². The number of hydrogen-bond donors (Lipinski definition) is 1. The van der Waals surface area contributed by atoms with Crippen molar-refractivity contribution in [3.05, 3.63) is 45.9 Å². The summed E-state index contributed by atoms with van der Waals surface area (Å²) >= 11 is 3.12. The first kappa shape index (κ1) is 15.0. The molecule has 0 radical (unpaired) electrons. The van der Waals surface area contributed by atoms with Crippen LogP contribution in [-0.2, 0) is 0 Å². The number of aliphatic hydroxyl groups is 1. The molecular weight excluding hydrogens is 327 g/mol. The van der Waals surface area contributed by atoms with Gasteiger partial charge in [0, 0.05) is 6.04 Å². The van der Waals surface area contributed by atoms with E-state index >= 15 is 0 Å². The number of benzene rings is 1. The summed E-state index contributed by atoms with van der Waals surface area (Å²) in [6.07, 6.45) is 0.628. The Labute approximate surface area is 125 Å². The second kappa shape index (κ2) is 5.93. The minimum absolute atomic E-state index is 0.0763. The Hall–Kier alpha value is -1.40. The highest BCUT2D eigenvalue weighted by molar-refractivity contribution is 9.10. The summed E-state index contributed by atoms with van der Waals surface area (Å²) in [5.74, 6) is 0.136. The predicted molar refractivity (Wildman–Crippen MR) is 77.3 cm³/mol. The van der Waals surface area contributed by atoms with E-state index < -0.39 is 6.10 Å². The van der Waals surface area contributed by atoms with Crippen molar-refractivity contribution in [3.63, 3.8) is 0 Å². The molecule has 0 bridgehead atoms. The highest BCUT2D eigenvalue weighted by Gasteiger charge is 2.23. The number of aromatic nitrogens is 2. The van der Waals surface area contributed by atoms with Gasteiger partial charge in [0.25, 0.3) is 0 Å². The molecule has 1 aromatic heterocycles. The molecule has 1 heterocycles. The van der Waals surface area contributed by atoms with Crippen LogP contribution in [0.2, 0.25) is 0 Å². The summed E-state index contributed by atoms with van der Waals surface area (Å²) in [5, 5.41) is 14.8. The number of nitrogens with zero attached hydrogens (tertiary/aromatic N) is 2. The molecule has 0 aliphatic carbocycles. The van der Waals surface area contributed by atoms with Crippen LogP contribution >= 0.6 is 15.9 Å². The summed E-state index contributed by atoms with van der Waals surface area (Å²) in [4.78, 5) is 0. The van der Waals surface area contributed by atoms with Crippen molar-refractivity contribution >= 4 is 15.9 Å². The van der Waals surface area contributed by atoms with Gasteiger partial charge < -0.3 is 9.84 Å². The van der Waals surface area contributed by atoms with Gasteiger partial charge in [-0.25, -0.2) is 4.39 Å². The average molecular weight is 343 g/mol. The fraction of sp³-hybridized carbons (Fsp3) is 0.357. The molecule has 20 heavy (non-hydrogen) atoms. The van der Waals surface area contributed by atoms with E-state index in [0.29, 0.717) is 21.5 Å². The van der Waals surface area contributed by atoms with Gasteiger partial charge >= 0.3 is 0 Å².